The first-order valence-corrected chi connectivity index (χ1v) is 10.4. The molecule has 2 heterocycles. The Kier molecular flexibility index (Phi) is 6.76. The molecule has 0 spiro atoms. The summed E-state index contributed by atoms with van der Waals surface area (Å²) >= 11 is 1.99. The van der Waals surface area contributed by atoms with Gasteiger partial charge in [-0.05, 0) is 56.2 Å². The van der Waals surface area contributed by atoms with Gasteiger partial charge >= 0.3 is 0 Å². The highest BCUT2D eigenvalue weighted by Crippen LogP contribution is 2.36. The Hall–Kier alpha value is -1.52. The van der Waals surface area contributed by atoms with Crippen LogP contribution < -0.4 is 4.74 Å². The zero-order valence-corrected chi connectivity index (χ0v) is 16.0. The molecular formula is C21H28N2OS. The van der Waals surface area contributed by atoms with Crippen LogP contribution in [0, 0.1) is 5.92 Å². The van der Waals surface area contributed by atoms with Gasteiger partial charge in [0, 0.05) is 23.6 Å². The molecule has 0 bridgehead atoms. The van der Waals surface area contributed by atoms with Crippen LogP contribution in [-0.4, -0.2) is 36.3 Å². The zero-order valence-electron chi connectivity index (χ0n) is 15.2. The highest BCUT2D eigenvalue weighted by Gasteiger charge is 2.23. The minimum Gasteiger partial charge on any atom is -0.481 e. The maximum Gasteiger partial charge on any atom is 0.217 e. The zero-order chi connectivity index (χ0) is 17.5. The summed E-state index contributed by atoms with van der Waals surface area (Å²) in [6.45, 7) is 3.27. The fraction of sp³-hybridized carbons (Fsp3) is 0.476. The van der Waals surface area contributed by atoms with E-state index in [1.807, 2.05) is 17.8 Å². The molecule has 1 aliphatic rings. The van der Waals surface area contributed by atoms with Crippen molar-refractivity contribution >= 4 is 11.8 Å². The lowest BCUT2D eigenvalue weighted by molar-refractivity contribution is 0.170. The van der Waals surface area contributed by atoms with Crippen molar-refractivity contribution in [2.24, 2.45) is 5.92 Å². The van der Waals surface area contributed by atoms with Crippen molar-refractivity contribution in [3.63, 3.8) is 0 Å². The highest BCUT2D eigenvalue weighted by molar-refractivity contribution is 7.98. The Labute approximate surface area is 155 Å². The third kappa shape index (κ3) is 4.99. The molecule has 1 fully saturated rings. The summed E-state index contributed by atoms with van der Waals surface area (Å²) in [6, 6.07) is 15.1. The number of benzene rings is 1. The first kappa shape index (κ1) is 18.3. The largest absolute Gasteiger partial charge is 0.481 e. The number of piperidine rings is 1. The molecule has 1 saturated heterocycles. The lowest BCUT2D eigenvalue weighted by Crippen LogP contribution is -2.33. The molecule has 1 unspecified atom stereocenters. The number of aromatic nitrogens is 1. The topological polar surface area (TPSA) is 25.4 Å². The number of hydrogen-bond donors (Lipinski definition) is 0. The van der Waals surface area contributed by atoms with E-state index in [1.165, 1.54) is 43.5 Å². The quantitative estimate of drug-likeness (QED) is 0.712. The van der Waals surface area contributed by atoms with Gasteiger partial charge in [0.2, 0.25) is 5.88 Å². The monoisotopic (exact) mass is 356 g/mol. The number of rotatable bonds is 7. The molecule has 1 atom stereocenters. The van der Waals surface area contributed by atoms with Crippen molar-refractivity contribution in [3.05, 3.63) is 59.8 Å². The summed E-state index contributed by atoms with van der Waals surface area (Å²) in [5.41, 5.74) is 2.66. The van der Waals surface area contributed by atoms with Crippen LogP contribution in [0.15, 0.2) is 48.7 Å². The third-order valence-electron chi connectivity index (χ3n) is 5.15. The van der Waals surface area contributed by atoms with E-state index in [0.717, 1.165) is 18.3 Å². The fourth-order valence-corrected chi connectivity index (χ4v) is 4.58. The SMILES string of the molecule is COc1ncccc1CN1CCC(CC(SC)c2ccccc2)CC1. The van der Waals surface area contributed by atoms with Crippen LogP contribution in [0.3, 0.4) is 0 Å². The number of ether oxygens (including phenoxy) is 1. The molecule has 1 aromatic heterocycles. The van der Waals surface area contributed by atoms with Gasteiger partial charge in [-0.25, -0.2) is 4.98 Å². The summed E-state index contributed by atoms with van der Waals surface area (Å²) in [4.78, 5) is 6.84. The fourth-order valence-electron chi connectivity index (χ4n) is 3.69. The van der Waals surface area contributed by atoms with Crippen molar-refractivity contribution in [2.75, 3.05) is 26.5 Å². The molecule has 0 amide bonds. The minimum absolute atomic E-state index is 0.621. The summed E-state index contributed by atoms with van der Waals surface area (Å²) in [5.74, 6) is 1.58. The van der Waals surface area contributed by atoms with Crippen LogP contribution in [0.4, 0.5) is 0 Å². The second-order valence-electron chi connectivity index (χ2n) is 6.76. The van der Waals surface area contributed by atoms with E-state index in [9.17, 15) is 0 Å². The van der Waals surface area contributed by atoms with E-state index < -0.39 is 0 Å². The summed E-state index contributed by atoms with van der Waals surface area (Å²) < 4.78 is 5.38. The van der Waals surface area contributed by atoms with Gasteiger partial charge in [0.15, 0.2) is 0 Å². The van der Waals surface area contributed by atoms with Crippen molar-refractivity contribution in [3.8, 4) is 5.88 Å². The Bertz CT molecular complexity index is 641. The van der Waals surface area contributed by atoms with Crippen molar-refractivity contribution in [2.45, 2.75) is 31.1 Å². The molecular weight excluding hydrogens is 328 g/mol. The second kappa shape index (κ2) is 9.25. The summed E-state index contributed by atoms with van der Waals surface area (Å²) in [6.07, 6.45) is 7.89. The number of hydrogen-bond acceptors (Lipinski definition) is 4. The van der Waals surface area contributed by atoms with E-state index in [-0.39, 0.29) is 0 Å². The van der Waals surface area contributed by atoms with Crippen LogP contribution in [-0.2, 0) is 6.54 Å². The number of nitrogens with zero attached hydrogens (tertiary/aromatic N) is 2. The Morgan fingerprint density at radius 2 is 1.92 bits per heavy atom. The molecule has 0 radical (unpaired) electrons. The van der Waals surface area contributed by atoms with Crippen LogP contribution in [0.25, 0.3) is 0 Å². The molecule has 0 saturated carbocycles. The van der Waals surface area contributed by atoms with Gasteiger partial charge in [0.25, 0.3) is 0 Å². The van der Waals surface area contributed by atoms with Crippen LogP contribution >= 0.6 is 11.8 Å². The van der Waals surface area contributed by atoms with Gasteiger partial charge in [-0.1, -0.05) is 36.4 Å². The minimum atomic E-state index is 0.621. The Morgan fingerprint density at radius 1 is 1.16 bits per heavy atom. The third-order valence-corrected chi connectivity index (χ3v) is 6.18. The van der Waals surface area contributed by atoms with E-state index in [1.54, 1.807) is 13.3 Å². The van der Waals surface area contributed by atoms with Gasteiger partial charge in [-0.15, -0.1) is 0 Å². The molecule has 0 N–H and O–H groups in total. The van der Waals surface area contributed by atoms with E-state index in [4.69, 9.17) is 4.74 Å². The summed E-state index contributed by atoms with van der Waals surface area (Å²) in [5, 5.41) is 0.621. The lowest BCUT2D eigenvalue weighted by atomic mass is 9.90. The van der Waals surface area contributed by atoms with E-state index in [0.29, 0.717) is 5.25 Å². The molecule has 0 aliphatic carbocycles. The van der Waals surface area contributed by atoms with E-state index >= 15 is 0 Å². The smallest absolute Gasteiger partial charge is 0.217 e. The van der Waals surface area contributed by atoms with E-state index in [2.05, 4.69) is 52.5 Å². The van der Waals surface area contributed by atoms with Gasteiger partial charge in [-0.3, -0.25) is 4.90 Å². The average Bonchev–Trinajstić information content (AvgIpc) is 2.68. The Balaban J connectivity index is 1.51. The van der Waals surface area contributed by atoms with Crippen LogP contribution in [0.5, 0.6) is 5.88 Å². The highest BCUT2D eigenvalue weighted by atomic mass is 32.2. The maximum atomic E-state index is 5.38. The van der Waals surface area contributed by atoms with Gasteiger partial charge < -0.3 is 4.74 Å². The average molecular weight is 357 g/mol. The molecule has 3 rings (SSSR count). The van der Waals surface area contributed by atoms with Gasteiger partial charge in [0.1, 0.15) is 0 Å². The lowest BCUT2D eigenvalue weighted by Gasteiger charge is -2.33. The molecule has 1 aliphatic heterocycles. The van der Waals surface area contributed by atoms with Crippen molar-refractivity contribution < 1.29 is 4.74 Å². The summed E-state index contributed by atoms with van der Waals surface area (Å²) in [7, 11) is 1.70. The van der Waals surface area contributed by atoms with Crippen LogP contribution in [0.2, 0.25) is 0 Å². The molecule has 1 aromatic carbocycles. The van der Waals surface area contributed by atoms with Crippen LogP contribution in [0.1, 0.15) is 35.6 Å². The molecule has 3 nitrogen and oxygen atoms in total. The second-order valence-corrected chi connectivity index (χ2v) is 7.80. The first-order chi connectivity index (χ1) is 12.3. The van der Waals surface area contributed by atoms with Crippen molar-refractivity contribution in [1.82, 2.24) is 9.88 Å². The van der Waals surface area contributed by atoms with Gasteiger partial charge in [-0.2, -0.15) is 11.8 Å². The molecule has 25 heavy (non-hydrogen) atoms. The normalized spacial score (nSPS) is 17.4. The number of pyridine rings is 1. The predicted molar refractivity (Wildman–Crippen MR) is 106 cm³/mol. The standard InChI is InChI=1S/C21H28N2OS/c1-24-21-19(9-6-12-22-21)16-23-13-10-17(11-14-23)15-20(25-2)18-7-4-3-5-8-18/h3-9,12,17,20H,10-11,13-16H2,1-2H3. The molecule has 134 valence electrons. The number of methoxy groups -OCH3 is 1. The first-order valence-electron chi connectivity index (χ1n) is 9.08. The maximum absolute atomic E-state index is 5.38. The van der Waals surface area contributed by atoms with Gasteiger partial charge in [0.05, 0.1) is 7.11 Å². The number of thioether (sulfide) groups is 1. The molecule has 4 heteroatoms. The van der Waals surface area contributed by atoms with Crippen molar-refractivity contribution in [1.29, 1.82) is 0 Å². The molecule has 2 aromatic rings. The number of likely N-dealkylation sites (tertiary alicyclic amines) is 1. The Morgan fingerprint density at radius 3 is 2.60 bits per heavy atom. The predicted octanol–water partition coefficient (Wildman–Crippen LogP) is 4.80.